The summed E-state index contributed by atoms with van der Waals surface area (Å²) in [6, 6.07) is 3.89. The lowest BCUT2D eigenvalue weighted by Crippen LogP contribution is -2.11. The number of hydrogen-bond donors (Lipinski definition) is 1. The Bertz CT molecular complexity index is 445. The topological polar surface area (TPSA) is 55.8 Å². The van der Waals surface area contributed by atoms with Gasteiger partial charge < -0.3 is 14.6 Å². The van der Waals surface area contributed by atoms with Gasteiger partial charge in [0, 0.05) is 11.5 Å². The Morgan fingerprint density at radius 1 is 1.32 bits per heavy atom. The lowest BCUT2D eigenvalue weighted by molar-refractivity contribution is -0.140. The Kier molecular flexibility index (Phi) is 6.02. The second-order valence-corrected chi connectivity index (χ2v) is 5.42. The summed E-state index contributed by atoms with van der Waals surface area (Å²) in [6.45, 7) is 3.73. The fourth-order valence-electron chi connectivity index (χ4n) is 1.60. The number of aliphatic carboxylic acids is 1. The molecule has 0 amide bonds. The standard InChI is InChI=1S/C14H20O4S/c1-9-5-12(17-3)13(18-4)6-11(9)8-19-7-10(2)14(15)16/h5-6,10H,7-8H2,1-4H3,(H,15,16). The minimum Gasteiger partial charge on any atom is -0.493 e. The molecule has 0 fully saturated rings. The SMILES string of the molecule is COc1cc(C)c(CSCC(C)C(=O)O)cc1OC. The summed E-state index contributed by atoms with van der Waals surface area (Å²) in [6.07, 6.45) is 0. The van der Waals surface area contributed by atoms with Gasteiger partial charge in [0.15, 0.2) is 11.5 Å². The van der Waals surface area contributed by atoms with E-state index in [-0.39, 0.29) is 5.92 Å². The van der Waals surface area contributed by atoms with E-state index in [4.69, 9.17) is 14.6 Å². The van der Waals surface area contributed by atoms with Crippen LogP contribution in [0.1, 0.15) is 18.1 Å². The van der Waals surface area contributed by atoms with Gasteiger partial charge in [0.2, 0.25) is 0 Å². The van der Waals surface area contributed by atoms with Gasteiger partial charge in [0.1, 0.15) is 0 Å². The van der Waals surface area contributed by atoms with Crippen LogP contribution in [0, 0.1) is 12.8 Å². The third-order valence-corrected chi connectivity index (χ3v) is 4.14. The third kappa shape index (κ3) is 4.35. The molecule has 0 aliphatic heterocycles. The van der Waals surface area contributed by atoms with Crippen LogP contribution in [0.2, 0.25) is 0 Å². The zero-order valence-electron chi connectivity index (χ0n) is 11.7. The highest BCUT2D eigenvalue weighted by atomic mass is 32.2. The molecule has 0 saturated heterocycles. The summed E-state index contributed by atoms with van der Waals surface area (Å²) >= 11 is 1.61. The molecular formula is C14H20O4S. The van der Waals surface area contributed by atoms with Gasteiger partial charge in [0.05, 0.1) is 20.1 Å². The van der Waals surface area contributed by atoms with Crippen LogP contribution in [0.15, 0.2) is 12.1 Å². The number of carbonyl (C=O) groups is 1. The van der Waals surface area contributed by atoms with Crippen LogP contribution in [0.25, 0.3) is 0 Å². The number of methoxy groups -OCH3 is 2. The van der Waals surface area contributed by atoms with E-state index in [9.17, 15) is 4.79 Å². The number of carboxylic acids is 1. The maximum atomic E-state index is 10.7. The van der Waals surface area contributed by atoms with Crippen molar-refractivity contribution in [3.63, 3.8) is 0 Å². The van der Waals surface area contributed by atoms with E-state index in [0.29, 0.717) is 17.3 Å². The molecule has 1 rings (SSSR count). The van der Waals surface area contributed by atoms with Crippen molar-refractivity contribution in [3.05, 3.63) is 23.3 Å². The number of aryl methyl sites for hydroxylation is 1. The van der Waals surface area contributed by atoms with Gasteiger partial charge >= 0.3 is 5.97 Å². The Hall–Kier alpha value is -1.36. The van der Waals surface area contributed by atoms with E-state index in [0.717, 1.165) is 16.9 Å². The molecule has 0 heterocycles. The molecule has 0 aliphatic carbocycles. The Morgan fingerprint density at radius 2 is 1.89 bits per heavy atom. The molecular weight excluding hydrogens is 264 g/mol. The van der Waals surface area contributed by atoms with Crippen LogP contribution >= 0.6 is 11.8 Å². The van der Waals surface area contributed by atoms with Crippen molar-refractivity contribution in [3.8, 4) is 11.5 Å². The van der Waals surface area contributed by atoms with E-state index < -0.39 is 5.97 Å². The predicted octanol–water partition coefficient (Wildman–Crippen LogP) is 2.97. The first kappa shape index (κ1) is 15.7. The Balaban J connectivity index is 2.71. The van der Waals surface area contributed by atoms with Crippen molar-refractivity contribution in [2.24, 2.45) is 5.92 Å². The van der Waals surface area contributed by atoms with Crippen molar-refractivity contribution in [2.75, 3.05) is 20.0 Å². The third-order valence-electron chi connectivity index (χ3n) is 2.89. The molecule has 0 aliphatic rings. The fraction of sp³-hybridized carbons (Fsp3) is 0.500. The lowest BCUT2D eigenvalue weighted by atomic mass is 10.1. The average molecular weight is 284 g/mol. The lowest BCUT2D eigenvalue weighted by Gasteiger charge is -2.13. The molecule has 0 aromatic heterocycles. The van der Waals surface area contributed by atoms with Gasteiger partial charge in [-0.15, -0.1) is 0 Å². The summed E-state index contributed by atoms with van der Waals surface area (Å²) in [4.78, 5) is 10.7. The maximum Gasteiger partial charge on any atom is 0.307 e. The van der Waals surface area contributed by atoms with Crippen molar-refractivity contribution in [2.45, 2.75) is 19.6 Å². The number of carboxylic acid groups (broad SMARTS) is 1. The fourth-order valence-corrected chi connectivity index (χ4v) is 2.74. The highest BCUT2D eigenvalue weighted by Gasteiger charge is 2.12. The zero-order chi connectivity index (χ0) is 14.4. The smallest absolute Gasteiger partial charge is 0.307 e. The highest BCUT2D eigenvalue weighted by molar-refractivity contribution is 7.98. The number of ether oxygens (including phenoxy) is 2. The van der Waals surface area contributed by atoms with Gasteiger partial charge in [-0.05, 0) is 30.2 Å². The minimum absolute atomic E-state index is 0.328. The first-order chi connectivity index (χ1) is 8.99. The molecule has 4 nitrogen and oxygen atoms in total. The summed E-state index contributed by atoms with van der Waals surface area (Å²) in [7, 11) is 3.22. The van der Waals surface area contributed by atoms with Crippen LogP contribution < -0.4 is 9.47 Å². The first-order valence-electron chi connectivity index (χ1n) is 6.01. The number of hydrogen-bond acceptors (Lipinski definition) is 4. The minimum atomic E-state index is -0.753. The van der Waals surface area contributed by atoms with Crippen LogP contribution in [0.4, 0.5) is 0 Å². The summed E-state index contributed by atoms with van der Waals surface area (Å²) in [5.74, 6) is 1.71. The Labute approximate surface area is 118 Å². The predicted molar refractivity (Wildman–Crippen MR) is 77.2 cm³/mol. The molecule has 0 bridgehead atoms. The molecule has 1 unspecified atom stereocenters. The van der Waals surface area contributed by atoms with Crippen LogP contribution in [-0.2, 0) is 10.5 Å². The molecule has 5 heteroatoms. The maximum absolute atomic E-state index is 10.7. The van der Waals surface area contributed by atoms with Crippen LogP contribution in [-0.4, -0.2) is 31.0 Å². The molecule has 1 aromatic rings. The quantitative estimate of drug-likeness (QED) is 0.834. The number of thioether (sulfide) groups is 1. The van der Waals surface area contributed by atoms with Gasteiger partial charge in [-0.3, -0.25) is 4.79 Å². The zero-order valence-corrected chi connectivity index (χ0v) is 12.5. The summed E-state index contributed by atoms with van der Waals surface area (Å²) < 4.78 is 10.5. The van der Waals surface area contributed by atoms with Crippen LogP contribution in [0.5, 0.6) is 11.5 Å². The van der Waals surface area contributed by atoms with E-state index >= 15 is 0 Å². The molecule has 0 spiro atoms. The normalized spacial score (nSPS) is 12.0. The van der Waals surface area contributed by atoms with Crippen molar-refractivity contribution >= 4 is 17.7 Å². The van der Waals surface area contributed by atoms with Gasteiger partial charge in [-0.25, -0.2) is 0 Å². The van der Waals surface area contributed by atoms with E-state index in [2.05, 4.69) is 0 Å². The van der Waals surface area contributed by atoms with Crippen molar-refractivity contribution in [1.29, 1.82) is 0 Å². The van der Waals surface area contributed by atoms with Crippen molar-refractivity contribution < 1.29 is 19.4 Å². The Morgan fingerprint density at radius 3 is 2.42 bits per heavy atom. The number of rotatable bonds is 7. The molecule has 0 saturated carbocycles. The molecule has 1 N–H and O–H groups in total. The second-order valence-electron chi connectivity index (χ2n) is 4.39. The van der Waals surface area contributed by atoms with Crippen LogP contribution in [0.3, 0.4) is 0 Å². The average Bonchev–Trinajstić information content (AvgIpc) is 2.39. The molecule has 1 aromatic carbocycles. The summed E-state index contributed by atoms with van der Waals surface area (Å²) in [5, 5.41) is 8.83. The molecule has 1 atom stereocenters. The van der Waals surface area contributed by atoms with E-state index in [1.165, 1.54) is 0 Å². The molecule has 106 valence electrons. The summed E-state index contributed by atoms with van der Waals surface area (Å²) in [5.41, 5.74) is 2.26. The molecule has 19 heavy (non-hydrogen) atoms. The monoisotopic (exact) mass is 284 g/mol. The largest absolute Gasteiger partial charge is 0.493 e. The van der Waals surface area contributed by atoms with E-state index in [1.807, 2.05) is 19.1 Å². The van der Waals surface area contributed by atoms with Gasteiger partial charge in [0.25, 0.3) is 0 Å². The highest BCUT2D eigenvalue weighted by Crippen LogP contribution is 2.32. The second kappa shape index (κ2) is 7.28. The molecule has 0 radical (unpaired) electrons. The van der Waals surface area contributed by atoms with Crippen molar-refractivity contribution in [1.82, 2.24) is 0 Å². The van der Waals surface area contributed by atoms with E-state index in [1.54, 1.807) is 32.9 Å². The van der Waals surface area contributed by atoms with Gasteiger partial charge in [-0.1, -0.05) is 6.92 Å². The first-order valence-corrected chi connectivity index (χ1v) is 7.17. The number of benzene rings is 1. The van der Waals surface area contributed by atoms with Gasteiger partial charge in [-0.2, -0.15) is 11.8 Å².